The third kappa shape index (κ3) is 4.03. The zero-order chi connectivity index (χ0) is 12.8. The molecule has 0 aliphatic heterocycles. The van der Waals surface area contributed by atoms with E-state index in [2.05, 4.69) is 5.32 Å². The van der Waals surface area contributed by atoms with Crippen molar-refractivity contribution in [1.29, 1.82) is 0 Å². The largest absolute Gasteiger partial charge is 0.396 e. The van der Waals surface area contributed by atoms with E-state index < -0.39 is 11.9 Å². The first-order valence-electron chi connectivity index (χ1n) is 5.56. The lowest BCUT2D eigenvalue weighted by atomic mass is 10.1. The summed E-state index contributed by atoms with van der Waals surface area (Å²) in [6, 6.07) is 3.91. The first-order chi connectivity index (χ1) is 8.04. The van der Waals surface area contributed by atoms with E-state index in [1.807, 2.05) is 6.92 Å². The smallest absolute Gasteiger partial charge is 0.251 e. The molecule has 0 saturated carbocycles. The molecule has 0 spiro atoms. The zero-order valence-electron chi connectivity index (χ0n) is 9.74. The molecule has 1 aromatic rings. The van der Waals surface area contributed by atoms with Gasteiger partial charge in [0.25, 0.3) is 5.91 Å². The Morgan fingerprint density at radius 3 is 2.88 bits per heavy atom. The molecule has 0 bridgehead atoms. The second kappa shape index (κ2) is 6.20. The molecule has 1 aromatic carbocycles. The van der Waals surface area contributed by atoms with Gasteiger partial charge in [-0.2, -0.15) is 0 Å². The number of hydrogen-bond acceptors (Lipinski definition) is 3. The van der Waals surface area contributed by atoms with Gasteiger partial charge in [0.15, 0.2) is 0 Å². The predicted octanol–water partition coefficient (Wildman–Crippen LogP) is 1.30. The maximum Gasteiger partial charge on any atom is 0.251 e. The molecular weight excluding hydrogens is 223 g/mol. The fraction of sp³-hybridized carbons (Fsp3) is 0.417. The number of aliphatic hydroxyl groups excluding tert-OH is 1. The van der Waals surface area contributed by atoms with Crippen LogP contribution in [0.2, 0.25) is 0 Å². The topological polar surface area (TPSA) is 75.3 Å². The molecule has 0 fully saturated rings. The summed E-state index contributed by atoms with van der Waals surface area (Å²) in [5.41, 5.74) is 5.55. The van der Waals surface area contributed by atoms with Crippen molar-refractivity contribution in [2.75, 3.05) is 12.3 Å². The molecule has 0 radical (unpaired) electrons. The van der Waals surface area contributed by atoms with Gasteiger partial charge in [0.05, 0.1) is 11.8 Å². The van der Waals surface area contributed by atoms with Crippen LogP contribution in [-0.2, 0) is 0 Å². The van der Waals surface area contributed by atoms with E-state index in [0.717, 1.165) is 6.07 Å². The van der Waals surface area contributed by atoms with E-state index in [9.17, 15) is 14.3 Å². The lowest BCUT2D eigenvalue weighted by Gasteiger charge is -2.09. The van der Waals surface area contributed by atoms with Gasteiger partial charge in [0.2, 0.25) is 0 Å². The Labute approximate surface area is 99.6 Å². The van der Waals surface area contributed by atoms with E-state index in [-0.39, 0.29) is 17.2 Å². The molecule has 0 heterocycles. The van der Waals surface area contributed by atoms with Crippen LogP contribution in [0.1, 0.15) is 30.1 Å². The lowest BCUT2D eigenvalue weighted by molar-refractivity contribution is 0.0941. The Hall–Kier alpha value is -1.62. The second-order valence-corrected chi connectivity index (χ2v) is 3.84. The summed E-state index contributed by atoms with van der Waals surface area (Å²) in [4.78, 5) is 11.6. The van der Waals surface area contributed by atoms with Crippen molar-refractivity contribution in [3.8, 4) is 0 Å². The average Bonchev–Trinajstić information content (AvgIpc) is 2.32. The summed E-state index contributed by atoms with van der Waals surface area (Å²) >= 11 is 0. The third-order valence-electron chi connectivity index (χ3n) is 2.50. The van der Waals surface area contributed by atoms with Crippen LogP contribution in [0, 0.1) is 5.82 Å². The van der Waals surface area contributed by atoms with Crippen molar-refractivity contribution in [3.63, 3.8) is 0 Å². The van der Waals surface area contributed by atoms with Crippen LogP contribution >= 0.6 is 0 Å². The number of halogens is 1. The molecule has 4 nitrogen and oxygen atoms in total. The van der Waals surface area contributed by atoms with Gasteiger partial charge in [-0.1, -0.05) is 6.92 Å². The lowest BCUT2D eigenvalue weighted by Crippen LogP contribution is -2.27. The summed E-state index contributed by atoms with van der Waals surface area (Å²) in [6.45, 7) is 2.22. The third-order valence-corrected chi connectivity index (χ3v) is 2.50. The Morgan fingerprint density at radius 2 is 2.29 bits per heavy atom. The van der Waals surface area contributed by atoms with E-state index >= 15 is 0 Å². The molecule has 0 saturated heterocycles. The number of amides is 1. The van der Waals surface area contributed by atoms with E-state index in [0.29, 0.717) is 19.4 Å². The van der Waals surface area contributed by atoms with E-state index in [4.69, 9.17) is 5.73 Å². The number of hydrogen-bond donors (Lipinski definition) is 3. The van der Waals surface area contributed by atoms with Gasteiger partial charge >= 0.3 is 0 Å². The van der Waals surface area contributed by atoms with Crippen molar-refractivity contribution in [1.82, 2.24) is 5.32 Å². The van der Waals surface area contributed by atoms with Gasteiger partial charge in [0.1, 0.15) is 5.82 Å². The second-order valence-electron chi connectivity index (χ2n) is 3.84. The minimum atomic E-state index is -0.605. The number of carbonyl (C=O) groups is 1. The zero-order valence-corrected chi connectivity index (χ0v) is 9.74. The molecule has 1 atom stereocenters. The number of nitrogens with one attached hydrogen (secondary N) is 1. The summed E-state index contributed by atoms with van der Waals surface area (Å²) < 4.78 is 13.1. The van der Waals surface area contributed by atoms with Crippen LogP contribution in [-0.4, -0.2) is 23.7 Å². The van der Waals surface area contributed by atoms with Crippen LogP contribution in [0.15, 0.2) is 18.2 Å². The van der Waals surface area contributed by atoms with Gasteiger partial charge in [0, 0.05) is 12.1 Å². The molecule has 94 valence electrons. The minimum Gasteiger partial charge on any atom is -0.396 e. The van der Waals surface area contributed by atoms with E-state index in [1.54, 1.807) is 0 Å². The molecule has 0 aliphatic rings. The Bertz CT molecular complexity index is 396. The normalized spacial score (nSPS) is 12.2. The molecule has 17 heavy (non-hydrogen) atoms. The SMILES string of the molecule is CCC(O)CCNC(=O)c1ccc(N)c(F)c1. The molecule has 0 aliphatic carbocycles. The summed E-state index contributed by atoms with van der Waals surface area (Å²) in [5, 5.41) is 11.9. The van der Waals surface area contributed by atoms with Crippen molar-refractivity contribution in [3.05, 3.63) is 29.6 Å². The van der Waals surface area contributed by atoms with Crippen LogP contribution < -0.4 is 11.1 Å². The highest BCUT2D eigenvalue weighted by atomic mass is 19.1. The highest BCUT2D eigenvalue weighted by Crippen LogP contribution is 2.11. The molecule has 0 aromatic heterocycles. The first kappa shape index (κ1) is 13.4. The highest BCUT2D eigenvalue weighted by molar-refractivity contribution is 5.94. The van der Waals surface area contributed by atoms with Crippen molar-refractivity contribution < 1.29 is 14.3 Å². The van der Waals surface area contributed by atoms with Gasteiger partial charge in [-0.15, -0.1) is 0 Å². The quantitative estimate of drug-likeness (QED) is 0.679. The van der Waals surface area contributed by atoms with Crippen LogP contribution in [0.25, 0.3) is 0 Å². The molecule has 1 amide bonds. The van der Waals surface area contributed by atoms with Gasteiger partial charge in [-0.25, -0.2) is 4.39 Å². The average molecular weight is 240 g/mol. The summed E-state index contributed by atoms with van der Waals surface area (Å²) in [7, 11) is 0. The van der Waals surface area contributed by atoms with Gasteiger partial charge < -0.3 is 16.2 Å². The number of nitrogen functional groups attached to an aromatic ring is 1. The number of carbonyl (C=O) groups excluding carboxylic acids is 1. The molecule has 4 N–H and O–H groups in total. The molecule has 1 rings (SSSR count). The number of nitrogens with two attached hydrogens (primary N) is 1. The monoisotopic (exact) mass is 240 g/mol. The number of rotatable bonds is 5. The molecule has 5 heteroatoms. The minimum absolute atomic E-state index is 0.0166. The van der Waals surface area contributed by atoms with Crippen molar-refractivity contribution in [2.45, 2.75) is 25.9 Å². The van der Waals surface area contributed by atoms with Gasteiger partial charge in [-0.05, 0) is 31.0 Å². The van der Waals surface area contributed by atoms with Gasteiger partial charge in [-0.3, -0.25) is 4.79 Å². The Kier molecular flexibility index (Phi) is 4.90. The fourth-order valence-electron chi connectivity index (χ4n) is 1.33. The highest BCUT2D eigenvalue weighted by Gasteiger charge is 2.08. The standard InChI is InChI=1S/C12H17FN2O2/c1-2-9(16)5-6-15-12(17)8-3-4-11(14)10(13)7-8/h3-4,7,9,16H,2,5-6,14H2,1H3,(H,15,17). The van der Waals surface area contributed by atoms with Crippen molar-refractivity contribution >= 4 is 11.6 Å². The summed E-state index contributed by atoms with van der Waals surface area (Å²) in [5.74, 6) is -0.974. The maximum atomic E-state index is 13.1. The van der Waals surface area contributed by atoms with Crippen LogP contribution in [0.4, 0.5) is 10.1 Å². The Morgan fingerprint density at radius 1 is 1.59 bits per heavy atom. The predicted molar refractivity (Wildman–Crippen MR) is 64.1 cm³/mol. The molecular formula is C12H17FN2O2. The molecule has 1 unspecified atom stereocenters. The van der Waals surface area contributed by atoms with Crippen LogP contribution in [0.3, 0.4) is 0 Å². The van der Waals surface area contributed by atoms with E-state index in [1.165, 1.54) is 12.1 Å². The number of anilines is 1. The summed E-state index contributed by atoms with van der Waals surface area (Å²) in [6.07, 6.45) is 0.713. The maximum absolute atomic E-state index is 13.1. The van der Waals surface area contributed by atoms with Crippen molar-refractivity contribution in [2.24, 2.45) is 0 Å². The van der Waals surface area contributed by atoms with Crippen LogP contribution in [0.5, 0.6) is 0 Å². The Balaban J connectivity index is 2.50. The number of aliphatic hydroxyl groups is 1. The number of benzene rings is 1. The first-order valence-corrected chi connectivity index (χ1v) is 5.56. The fourth-order valence-corrected chi connectivity index (χ4v) is 1.33.